The van der Waals surface area contributed by atoms with Crippen LogP contribution < -0.4 is 11.1 Å². The van der Waals surface area contributed by atoms with Crippen molar-refractivity contribution in [3.63, 3.8) is 0 Å². The molecule has 17 heavy (non-hydrogen) atoms. The summed E-state index contributed by atoms with van der Waals surface area (Å²) in [7, 11) is 0. The van der Waals surface area contributed by atoms with Crippen LogP contribution in [0.4, 0.5) is 21.6 Å². The summed E-state index contributed by atoms with van der Waals surface area (Å²) >= 11 is 11.4. The van der Waals surface area contributed by atoms with Gasteiger partial charge in [0.1, 0.15) is 5.82 Å². The second-order valence-corrected chi connectivity index (χ2v) is 4.17. The van der Waals surface area contributed by atoms with Crippen LogP contribution in [0.25, 0.3) is 0 Å². The standard InChI is InChI=1S/C11H8Cl2FN3/c12-8-3-7(4-9(13)11(8)14)17-6-1-2-10(15)16-5-6/h1-5,17H,(H2,15,16). The second kappa shape index (κ2) is 4.77. The summed E-state index contributed by atoms with van der Waals surface area (Å²) in [4.78, 5) is 3.91. The minimum atomic E-state index is -0.630. The second-order valence-electron chi connectivity index (χ2n) is 3.35. The SMILES string of the molecule is Nc1ccc(Nc2cc(Cl)c(F)c(Cl)c2)cn1. The molecule has 6 heteroatoms. The topological polar surface area (TPSA) is 50.9 Å². The van der Waals surface area contributed by atoms with Crippen LogP contribution >= 0.6 is 23.2 Å². The van der Waals surface area contributed by atoms with Crippen LogP contribution in [-0.2, 0) is 0 Å². The number of nitrogens with one attached hydrogen (secondary N) is 1. The lowest BCUT2D eigenvalue weighted by Crippen LogP contribution is -1.94. The number of aromatic nitrogens is 1. The zero-order valence-electron chi connectivity index (χ0n) is 8.55. The van der Waals surface area contributed by atoms with Gasteiger partial charge in [0.05, 0.1) is 21.9 Å². The molecule has 0 spiro atoms. The Kier molecular flexibility index (Phi) is 3.36. The maximum atomic E-state index is 13.2. The van der Waals surface area contributed by atoms with Crippen molar-refractivity contribution in [1.82, 2.24) is 4.98 Å². The van der Waals surface area contributed by atoms with E-state index in [4.69, 9.17) is 28.9 Å². The molecule has 1 heterocycles. The largest absolute Gasteiger partial charge is 0.384 e. The Morgan fingerprint density at radius 3 is 2.29 bits per heavy atom. The number of nitrogen functional groups attached to an aromatic ring is 1. The molecular weight excluding hydrogens is 264 g/mol. The molecule has 2 aromatic rings. The Hall–Kier alpha value is -1.52. The van der Waals surface area contributed by atoms with Gasteiger partial charge >= 0.3 is 0 Å². The van der Waals surface area contributed by atoms with E-state index >= 15 is 0 Å². The van der Waals surface area contributed by atoms with Gasteiger partial charge < -0.3 is 11.1 Å². The predicted molar refractivity (Wildman–Crippen MR) is 68.4 cm³/mol. The first-order valence-electron chi connectivity index (χ1n) is 4.69. The minimum Gasteiger partial charge on any atom is -0.384 e. The molecule has 0 unspecified atom stereocenters. The summed E-state index contributed by atoms with van der Waals surface area (Å²) in [5.74, 6) is -0.208. The number of hydrogen-bond donors (Lipinski definition) is 2. The number of nitrogens with zero attached hydrogens (tertiary/aromatic N) is 1. The number of pyridine rings is 1. The van der Waals surface area contributed by atoms with E-state index in [0.29, 0.717) is 17.2 Å². The first-order valence-corrected chi connectivity index (χ1v) is 5.45. The monoisotopic (exact) mass is 271 g/mol. The summed E-state index contributed by atoms with van der Waals surface area (Å²) in [6.45, 7) is 0. The van der Waals surface area contributed by atoms with E-state index in [0.717, 1.165) is 0 Å². The van der Waals surface area contributed by atoms with Crippen LogP contribution in [0.3, 0.4) is 0 Å². The van der Waals surface area contributed by atoms with Gasteiger partial charge in [-0.05, 0) is 24.3 Å². The molecule has 3 nitrogen and oxygen atoms in total. The van der Waals surface area contributed by atoms with Crippen molar-refractivity contribution in [2.45, 2.75) is 0 Å². The van der Waals surface area contributed by atoms with Crippen LogP contribution in [-0.4, -0.2) is 4.98 Å². The number of rotatable bonds is 2. The molecule has 1 aromatic heterocycles. The van der Waals surface area contributed by atoms with Crippen molar-refractivity contribution < 1.29 is 4.39 Å². The van der Waals surface area contributed by atoms with E-state index in [1.165, 1.54) is 12.1 Å². The Morgan fingerprint density at radius 2 is 1.76 bits per heavy atom. The molecule has 1 aromatic carbocycles. The smallest absolute Gasteiger partial charge is 0.160 e. The summed E-state index contributed by atoms with van der Waals surface area (Å²) in [6.07, 6.45) is 1.56. The van der Waals surface area contributed by atoms with Crippen molar-refractivity contribution in [1.29, 1.82) is 0 Å². The fourth-order valence-corrected chi connectivity index (χ4v) is 1.76. The van der Waals surface area contributed by atoms with Crippen LogP contribution in [0.1, 0.15) is 0 Å². The molecule has 2 rings (SSSR count). The van der Waals surface area contributed by atoms with Gasteiger partial charge in [-0.2, -0.15) is 0 Å². The molecular formula is C11H8Cl2FN3. The summed E-state index contributed by atoms with van der Waals surface area (Å²) in [5, 5.41) is 2.91. The third-order valence-electron chi connectivity index (χ3n) is 2.06. The predicted octanol–water partition coefficient (Wildman–Crippen LogP) is 3.85. The third kappa shape index (κ3) is 2.78. The van der Waals surface area contributed by atoms with Crippen molar-refractivity contribution in [3.05, 3.63) is 46.3 Å². The maximum absolute atomic E-state index is 13.2. The lowest BCUT2D eigenvalue weighted by molar-refractivity contribution is 0.629. The van der Waals surface area contributed by atoms with Gasteiger partial charge in [-0.3, -0.25) is 0 Å². The molecule has 0 aliphatic rings. The van der Waals surface area contributed by atoms with Crippen molar-refractivity contribution in [3.8, 4) is 0 Å². The number of hydrogen-bond acceptors (Lipinski definition) is 3. The summed E-state index contributed by atoms with van der Waals surface area (Å²) in [5.41, 5.74) is 6.74. The zero-order chi connectivity index (χ0) is 12.4. The highest BCUT2D eigenvalue weighted by Gasteiger charge is 2.07. The minimum absolute atomic E-state index is 0.0385. The van der Waals surface area contributed by atoms with Crippen LogP contribution in [0, 0.1) is 5.82 Å². The Bertz CT molecular complexity index is 520. The van der Waals surface area contributed by atoms with E-state index in [1.54, 1.807) is 18.3 Å². The first kappa shape index (κ1) is 12.0. The molecule has 0 saturated heterocycles. The number of halogens is 3. The Morgan fingerprint density at radius 1 is 1.12 bits per heavy atom. The summed E-state index contributed by atoms with van der Waals surface area (Å²) < 4.78 is 13.2. The molecule has 0 amide bonds. The lowest BCUT2D eigenvalue weighted by atomic mass is 10.3. The van der Waals surface area contributed by atoms with Gasteiger partial charge in [0.25, 0.3) is 0 Å². The van der Waals surface area contributed by atoms with E-state index in [1.807, 2.05) is 0 Å². The average Bonchev–Trinajstić information content (AvgIpc) is 2.29. The van der Waals surface area contributed by atoms with Crippen molar-refractivity contribution >= 4 is 40.4 Å². The first-order chi connectivity index (χ1) is 8.06. The molecule has 0 bridgehead atoms. The quantitative estimate of drug-likeness (QED) is 0.816. The number of anilines is 3. The number of nitrogens with two attached hydrogens (primary N) is 1. The Balaban J connectivity index is 2.27. The van der Waals surface area contributed by atoms with Gasteiger partial charge in [0, 0.05) is 5.69 Å². The highest BCUT2D eigenvalue weighted by Crippen LogP contribution is 2.28. The van der Waals surface area contributed by atoms with E-state index in [2.05, 4.69) is 10.3 Å². The van der Waals surface area contributed by atoms with Gasteiger partial charge in [0.15, 0.2) is 5.82 Å². The Labute approximate surface area is 107 Å². The normalized spacial score (nSPS) is 10.3. The molecule has 3 N–H and O–H groups in total. The third-order valence-corrected chi connectivity index (χ3v) is 2.61. The molecule has 0 aliphatic carbocycles. The highest BCUT2D eigenvalue weighted by atomic mass is 35.5. The van der Waals surface area contributed by atoms with Gasteiger partial charge in [0.2, 0.25) is 0 Å². The van der Waals surface area contributed by atoms with E-state index in [-0.39, 0.29) is 10.0 Å². The molecule has 0 saturated carbocycles. The van der Waals surface area contributed by atoms with E-state index < -0.39 is 5.82 Å². The maximum Gasteiger partial charge on any atom is 0.160 e. The van der Waals surface area contributed by atoms with Gasteiger partial charge in [-0.25, -0.2) is 9.37 Å². The summed E-state index contributed by atoms with van der Waals surface area (Å²) in [6, 6.07) is 6.28. The lowest BCUT2D eigenvalue weighted by Gasteiger charge is -2.08. The van der Waals surface area contributed by atoms with Crippen LogP contribution in [0.15, 0.2) is 30.5 Å². The number of benzene rings is 1. The zero-order valence-corrected chi connectivity index (χ0v) is 10.1. The molecule has 0 atom stereocenters. The molecule has 0 radical (unpaired) electrons. The van der Waals surface area contributed by atoms with Crippen molar-refractivity contribution in [2.75, 3.05) is 11.1 Å². The van der Waals surface area contributed by atoms with Crippen molar-refractivity contribution in [2.24, 2.45) is 0 Å². The average molecular weight is 272 g/mol. The molecule has 0 fully saturated rings. The van der Waals surface area contributed by atoms with Crippen LogP contribution in [0.5, 0.6) is 0 Å². The molecule has 88 valence electrons. The van der Waals surface area contributed by atoms with Gasteiger partial charge in [-0.1, -0.05) is 23.2 Å². The van der Waals surface area contributed by atoms with E-state index in [9.17, 15) is 4.39 Å². The van der Waals surface area contributed by atoms with Gasteiger partial charge in [-0.15, -0.1) is 0 Å². The highest BCUT2D eigenvalue weighted by molar-refractivity contribution is 6.35. The molecule has 0 aliphatic heterocycles. The fraction of sp³-hybridized carbons (Fsp3) is 0. The van der Waals surface area contributed by atoms with Crippen LogP contribution in [0.2, 0.25) is 10.0 Å². The fourth-order valence-electron chi connectivity index (χ4n) is 1.27.